The molecular formula is C16H22N4O4. The highest BCUT2D eigenvalue weighted by molar-refractivity contribution is 5.94. The van der Waals surface area contributed by atoms with E-state index in [9.17, 15) is 14.7 Å². The molecule has 0 spiro atoms. The summed E-state index contributed by atoms with van der Waals surface area (Å²) in [5, 5.41) is 9.59. The number of aryl methyl sites for hydroxylation is 1. The quantitative estimate of drug-likeness (QED) is 0.842. The van der Waals surface area contributed by atoms with Crippen molar-refractivity contribution in [2.24, 2.45) is 0 Å². The van der Waals surface area contributed by atoms with Gasteiger partial charge in [0.25, 0.3) is 5.91 Å². The molecule has 1 N–H and O–H groups in total. The third-order valence-corrected chi connectivity index (χ3v) is 4.68. The van der Waals surface area contributed by atoms with E-state index in [1.165, 1.54) is 17.3 Å². The molecule has 2 saturated heterocycles. The van der Waals surface area contributed by atoms with Gasteiger partial charge in [0.05, 0.1) is 25.1 Å². The van der Waals surface area contributed by atoms with Crippen molar-refractivity contribution >= 4 is 11.9 Å². The molecule has 130 valence electrons. The van der Waals surface area contributed by atoms with E-state index in [4.69, 9.17) is 4.74 Å². The molecular weight excluding hydrogens is 312 g/mol. The number of carbonyl (C=O) groups is 2. The second-order valence-electron chi connectivity index (χ2n) is 6.22. The number of aromatic nitrogens is 2. The van der Waals surface area contributed by atoms with Crippen molar-refractivity contribution < 1.29 is 19.4 Å². The first kappa shape index (κ1) is 16.8. The Labute approximate surface area is 140 Å². The molecule has 1 aromatic rings. The largest absolute Gasteiger partial charge is 0.480 e. The maximum atomic E-state index is 12.6. The lowest BCUT2D eigenvalue weighted by molar-refractivity contribution is -0.144. The fourth-order valence-electron chi connectivity index (χ4n) is 3.35. The molecule has 1 amide bonds. The van der Waals surface area contributed by atoms with Crippen molar-refractivity contribution in [3.8, 4) is 0 Å². The first-order chi connectivity index (χ1) is 11.6. The summed E-state index contributed by atoms with van der Waals surface area (Å²) in [7, 11) is 0. The standard InChI is InChI=1S/C16H22N4O4/c1-11-9-18-13(10-17-11)15(21)20-3-2-12(8-14(20)16(22)23)19-4-6-24-7-5-19/h9-10,12,14H,2-8H2,1H3,(H,22,23). The number of nitrogens with zero attached hydrogens (tertiary/aromatic N) is 4. The smallest absolute Gasteiger partial charge is 0.326 e. The molecule has 3 rings (SSSR count). The first-order valence-electron chi connectivity index (χ1n) is 8.20. The van der Waals surface area contributed by atoms with Gasteiger partial charge in [-0.2, -0.15) is 0 Å². The molecule has 3 heterocycles. The number of likely N-dealkylation sites (tertiary alicyclic amines) is 1. The third kappa shape index (κ3) is 3.54. The normalized spacial score (nSPS) is 25.5. The predicted molar refractivity (Wildman–Crippen MR) is 84.6 cm³/mol. The minimum atomic E-state index is -0.971. The Balaban J connectivity index is 1.72. The number of amides is 1. The molecule has 0 saturated carbocycles. The van der Waals surface area contributed by atoms with Crippen molar-refractivity contribution in [3.63, 3.8) is 0 Å². The minimum absolute atomic E-state index is 0.170. The summed E-state index contributed by atoms with van der Waals surface area (Å²) in [5.41, 5.74) is 0.907. The summed E-state index contributed by atoms with van der Waals surface area (Å²) >= 11 is 0. The van der Waals surface area contributed by atoms with E-state index in [0.29, 0.717) is 31.9 Å². The van der Waals surface area contributed by atoms with Crippen LogP contribution in [0.5, 0.6) is 0 Å². The fourth-order valence-corrected chi connectivity index (χ4v) is 3.35. The van der Waals surface area contributed by atoms with Gasteiger partial charge in [-0.05, 0) is 19.8 Å². The van der Waals surface area contributed by atoms with E-state index in [1.54, 1.807) is 6.92 Å². The topological polar surface area (TPSA) is 95.9 Å². The van der Waals surface area contributed by atoms with Crippen molar-refractivity contribution in [2.45, 2.75) is 31.8 Å². The molecule has 0 aromatic carbocycles. The van der Waals surface area contributed by atoms with Crippen LogP contribution in [0.25, 0.3) is 0 Å². The zero-order chi connectivity index (χ0) is 17.1. The zero-order valence-corrected chi connectivity index (χ0v) is 13.7. The van der Waals surface area contributed by atoms with Crippen LogP contribution in [-0.4, -0.2) is 81.7 Å². The van der Waals surface area contributed by atoms with Crippen molar-refractivity contribution in [3.05, 3.63) is 23.8 Å². The lowest BCUT2D eigenvalue weighted by Crippen LogP contribution is -2.56. The van der Waals surface area contributed by atoms with E-state index >= 15 is 0 Å². The Morgan fingerprint density at radius 1 is 1.21 bits per heavy atom. The Hall–Kier alpha value is -2.06. The van der Waals surface area contributed by atoms with Crippen molar-refractivity contribution in [2.75, 3.05) is 32.8 Å². The fraction of sp³-hybridized carbons (Fsp3) is 0.625. The van der Waals surface area contributed by atoms with E-state index in [-0.39, 0.29) is 17.6 Å². The summed E-state index contributed by atoms with van der Waals surface area (Å²) in [6.07, 6.45) is 4.11. The van der Waals surface area contributed by atoms with Crippen LogP contribution in [0.15, 0.2) is 12.4 Å². The lowest BCUT2D eigenvalue weighted by atomic mass is 9.95. The molecule has 0 aliphatic carbocycles. The first-order valence-corrected chi connectivity index (χ1v) is 8.20. The number of hydrogen-bond donors (Lipinski definition) is 1. The average molecular weight is 334 g/mol. The van der Waals surface area contributed by atoms with Crippen LogP contribution >= 0.6 is 0 Å². The van der Waals surface area contributed by atoms with Gasteiger partial charge >= 0.3 is 5.97 Å². The van der Waals surface area contributed by atoms with Crippen LogP contribution in [-0.2, 0) is 9.53 Å². The summed E-state index contributed by atoms with van der Waals surface area (Å²) < 4.78 is 5.35. The highest BCUT2D eigenvalue weighted by Gasteiger charge is 2.39. The SMILES string of the molecule is Cc1cnc(C(=O)N2CCC(N3CCOCC3)CC2C(=O)O)cn1. The zero-order valence-electron chi connectivity index (χ0n) is 13.7. The molecule has 2 unspecified atom stereocenters. The Bertz CT molecular complexity index is 601. The molecule has 2 aliphatic heterocycles. The molecule has 2 fully saturated rings. The van der Waals surface area contributed by atoms with Gasteiger partial charge in [-0.15, -0.1) is 0 Å². The number of carboxylic acids is 1. The number of aliphatic carboxylic acids is 1. The van der Waals surface area contributed by atoms with Gasteiger partial charge in [0.1, 0.15) is 11.7 Å². The Morgan fingerprint density at radius 3 is 2.58 bits per heavy atom. The van der Waals surface area contributed by atoms with Crippen LogP contribution in [0.1, 0.15) is 29.0 Å². The monoisotopic (exact) mass is 334 g/mol. The second-order valence-corrected chi connectivity index (χ2v) is 6.22. The van der Waals surface area contributed by atoms with Crippen molar-refractivity contribution in [1.29, 1.82) is 0 Å². The van der Waals surface area contributed by atoms with Gasteiger partial charge in [0.15, 0.2) is 0 Å². The van der Waals surface area contributed by atoms with Gasteiger partial charge < -0.3 is 14.7 Å². The number of hydrogen-bond acceptors (Lipinski definition) is 6. The number of piperidine rings is 1. The van der Waals surface area contributed by atoms with Crippen LogP contribution in [0.3, 0.4) is 0 Å². The molecule has 24 heavy (non-hydrogen) atoms. The van der Waals surface area contributed by atoms with Gasteiger partial charge in [-0.1, -0.05) is 0 Å². The van der Waals surface area contributed by atoms with Crippen molar-refractivity contribution in [1.82, 2.24) is 19.8 Å². The van der Waals surface area contributed by atoms with E-state index in [0.717, 1.165) is 19.5 Å². The number of carbonyl (C=O) groups excluding carboxylic acids is 1. The van der Waals surface area contributed by atoms with Gasteiger partial charge in [-0.3, -0.25) is 14.7 Å². The van der Waals surface area contributed by atoms with E-state index < -0.39 is 12.0 Å². The van der Waals surface area contributed by atoms with E-state index in [1.807, 2.05) is 0 Å². The van der Waals surface area contributed by atoms with Crippen LogP contribution in [0.4, 0.5) is 0 Å². The Morgan fingerprint density at radius 2 is 1.96 bits per heavy atom. The number of ether oxygens (including phenoxy) is 1. The maximum absolute atomic E-state index is 12.6. The van der Waals surface area contributed by atoms with Crippen LogP contribution < -0.4 is 0 Å². The molecule has 1 aromatic heterocycles. The molecule has 0 radical (unpaired) electrons. The summed E-state index contributed by atoms with van der Waals surface area (Å²) in [6.45, 7) is 5.18. The molecule has 8 heteroatoms. The average Bonchev–Trinajstić information content (AvgIpc) is 2.62. The van der Waals surface area contributed by atoms with Gasteiger partial charge in [-0.25, -0.2) is 9.78 Å². The Kier molecular flexibility index (Phi) is 5.06. The number of rotatable bonds is 3. The summed E-state index contributed by atoms with van der Waals surface area (Å²) in [4.78, 5) is 36.2. The third-order valence-electron chi connectivity index (χ3n) is 4.68. The minimum Gasteiger partial charge on any atom is -0.480 e. The highest BCUT2D eigenvalue weighted by Crippen LogP contribution is 2.24. The van der Waals surface area contributed by atoms with Gasteiger partial charge in [0.2, 0.25) is 0 Å². The molecule has 8 nitrogen and oxygen atoms in total. The molecule has 2 atom stereocenters. The number of carboxylic acid groups (broad SMARTS) is 1. The molecule has 0 bridgehead atoms. The second kappa shape index (κ2) is 7.23. The highest BCUT2D eigenvalue weighted by atomic mass is 16.5. The van der Waals surface area contributed by atoms with E-state index in [2.05, 4.69) is 14.9 Å². The number of morpholine rings is 1. The van der Waals surface area contributed by atoms with Gasteiger partial charge in [0, 0.05) is 31.9 Å². The summed E-state index contributed by atoms with van der Waals surface area (Å²) in [5.74, 6) is -1.34. The predicted octanol–water partition coefficient (Wildman–Crippen LogP) is 0.175. The van der Waals surface area contributed by atoms with Crippen LogP contribution in [0.2, 0.25) is 0 Å². The lowest BCUT2D eigenvalue weighted by Gasteiger charge is -2.42. The molecule has 2 aliphatic rings. The summed E-state index contributed by atoms with van der Waals surface area (Å²) in [6, 6.07) is -0.662. The maximum Gasteiger partial charge on any atom is 0.326 e. The van der Waals surface area contributed by atoms with Crippen LogP contribution in [0, 0.1) is 6.92 Å².